The molecule has 4 aromatic rings. The zero-order valence-electron chi connectivity index (χ0n) is 12.5. The summed E-state index contributed by atoms with van der Waals surface area (Å²) in [5.41, 5.74) is 10.7. The van der Waals surface area contributed by atoms with Gasteiger partial charge in [0.05, 0.1) is 16.6 Å². The van der Waals surface area contributed by atoms with E-state index in [0.29, 0.717) is 11.5 Å². The number of benzene rings is 2. The summed E-state index contributed by atoms with van der Waals surface area (Å²) in [5, 5.41) is 9.62. The molecule has 2 aromatic carbocycles. The molecule has 2 heterocycles. The van der Waals surface area contributed by atoms with Crippen LogP contribution >= 0.6 is 0 Å². The van der Waals surface area contributed by atoms with Crippen molar-refractivity contribution in [1.29, 1.82) is 5.41 Å². The van der Waals surface area contributed by atoms with Gasteiger partial charge in [-0.05, 0) is 17.7 Å². The number of rotatable bonds is 2. The van der Waals surface area contributed by atoms with Crippen LogP contribution in [0.4, 0.5) is 0 Å². The quantitative estimate of drug-likeness (QED) is 0.381. The van der Waals surface area contributed by atoms with E-state index in [2.05, 4.69) is 11.1 Å². The second-order valence-electron chi connectivity index (χ2n) is 5.44. The molecule has 0 aliphatic rings. The molecule has 0 bridgehead atoms. The number of hydrogen-bond donors (Lipinski definition) is 3. The summed E-state index contributed by atoms with van der Waals surface area (Å²) in [4.78, 5) is 3.25. The van der Waals surface area contributed by atoms with Gasteiger partial charge in [-0.3, -0.25) is 9.98 Å². The highest BCUT2D eigenvalue weighted by Crippen LogP contribution is 2.27. The molecule has 4 rings (SSSR count). The average Bonchev–Trinajstić information content (AvgIpc) is 3.16. The Morgan fingerprint density at radius 3 is 2.52 bits per heavy atom. The van der Waals surface area contributed by atoms with Gasteiger partial charge in [-0.2, -0.15) is 0 Å². The Balaban J connectivity index is 1.88. The lowest BCUT2D eigenvalue weighted by Gasteiger charge is -2.07. The van der Waals surface area contributed by atoms with E-state index in [0.717, 1.165) is 27.5 Å². The fraction of sp³-hybridized carbons (Fsp3) is 0. The van der Waals surface area contributed by atoms with E-state index in [1.165, 1.54) is 0 Å². The first-order valence-corrected chi connectivity index (χ1v) is 7.44. The third-order valence-electron chi connectivity index (χ3n) is 4.02. The van der Waals surface area contributed by atoms with Gasteiger partial charge >= 0.3 is 0 Å². The van der Waals surface area contributed by atoms with Crippen molar-refractivity contribution in [1.82, 2.24) is 9.55 Å². The first-order valence-electron chi connectivity index (χ1n) is 7.44. The number of nitrogens with two attached hydrogens (primary N) is 1. The predicted octanol–water partition coefficient (Wildman–Crippen LogP) is 3.95. The third-order valence-corrected chi connectivity index (χ3v) is 4.02. The highest BCUT2D eigenvalue weighted by Gasteiger charge is 2.13. The SMILES string of the molecule is N=C(/C=C(\N)c1ccccc1)n1c2ccccc2c2[nH]ccc21. The molecular formula is C19H16N4. The fourth-order valence-electron chi connectivity index (χ4n) is 2.96. The van der Waals surface area contributed by atoms with E-state index in [4.69, 9.17) is 11.1 Å². The topological polar surface area (TPSA) is 70.6 Å². The van der Waals surface area contributed by atoms with E-state index in [9.17, 15) is 0 Å². The average molecular weight is 300 g/mol. The molecule has 4 heteroatoms. The minimum Gasteiger partial charge on any atom is -0.398 e. The molecular weight excluding hydrogens is 284 g/mol. The maximum absolute atomic E-state index is 8.52. The van der Waals surface area contributed by atoms with Gasteiger partial charge in [0.15, 0.2) is 0 Å². The van der Waals surface area contributed by atoms with Crippen LogP contribution in [0.1, 0.15) is 5.56 Å². The van der Waals surface area contributed by atoms with Crippen LogP contribution in [0.5, 0.6) is 0 Å². The van der Waals surface area contributed by atoms with Crippen molar-refractivity contribution in [2.45, 2.75) is 0 Å². The fourth-order valence-corrected chi connectivity index (χ4v) is 2.96. The number of allylic oxidation sites excluding steroid dienone is 1. The Morgan fingerprint density at radius 1 is 0.957 bits per heavy atom. The smallest absolute Gasteiger partial charge is 0.131 e. The van der Waals surface area contributed by atoms with Gasteiger partial charge in [-0.15, -0.1) is 0 Å². The molecule has 0 atom stereocenters. The molecule has 0 aliphatic heterocycles. The van der Waals surface area contributed by atoms with Crippen molar-refractivity contribution in [2.24, 2.45) is 5.73 Å². The van der Waals surface area contributed by atoms with E-state index in [1.54, 1.807) is 6.08 Å². The lowest BCUT2D eigenvalue weighted by atomic mass is 10.1. The van der Waals surface area contributed by atoms with Crippen LogP contribution < -0.4 is 5.73 Å². The minimum atomic E-state index is 0.345. The van der Waals surface area contributed by atoms with Crippen molar-refractivity contribution in [3.63, 3.8) is 0 Å². The molecule has 2 aromatic heterocycles. The second-order valence-corrected chi connectivity index (χ2v) is 5.44. The summed E-state index contributed by atoms with van der Waals surface area (Å²) in [6.45, 7) is 0. The van der Waals surface area contributed by atoms with E-state index >= 15 is 0 Å². The number of hydrogen-bond acceptors (Lipinski definition) is 2. The molecule has 0 spiro atoms. The predicted molar refractivity (Wildman–Crippen MR) is 95.5 cm³/mol. The van der Waals surface area contributed by atoms with Gasteiger partial charge in [-0.1, -0.05) is 48.5 Å². The summed E-state index contributed by atoms with van der Waals surface area (Å²) in [5.74, 6) is 0.345. The van der Waals surface area contributed by atoms with Crippen molar-refractivity contribution in [3.8, 4) is 0 Å². The molecule has 23 heavy (non-hydrogen) atoms. The summed E-state index contributed by atoms with van der Waals surface area (Å²) >= 11 is 0. The van der Waals surface area contributed by atoms with Gasteiger partial charge < -0.3 is 10.7 Å². The van der Waals surface area contributed by atoms with Gasteiger partial charge in [0.1, 0.15) is 5.84 Å². The molecule has 0 fully saturated rings. The van der Waals surface area contributed by atoms with Crippen molar-refractivity contribution in [3.05, 3.63) is 78.5 Å². The number of nitrogens with one attached hydrogen (secondary N) is 2. The largest absolute Gasteiger partial charge is 0.398 e. The molecule has 0 unspecified atom stereocenters. The number of H-pyrrole nitrogens is 1. The highest BCUT2D eigenvalue weighted by atomic mass is 15.0. The molecule has 4 nitrogen and oxygen atoms in total. The second kappa shape index (κ2) is 5.18. The Labute approximate surface area is 133 Å². The monoisotopic (exact) mass is 300 g/mol. The van der Waals surface area contributed by atoms with Crippen LogP contribution in [0.2, 0.25) is 0 Å². The third kappa shape index (κ3) is 2.12. The maximum Gasteiger partial charge on any atom is 0.131 e. The van der Waals surface area contributed by atoms with Crippen LogP contribution in [-0.2, 0) is 0 Å². The Kier molecular flexibility index (Phi) is 3.01. The Morgan fingerprint density at radius 2 is 1.70 bits per heavy atom. The zero-order chi connectivity index (χ0) is 15.8. The number of nitrogens with zero attached hydrogens (tertiary/aromatic N) is 1. The number of fused-ring (bicyclic) bond motifs is 3. The normalized spacial score (nSPS) is 12.1. The Bertz CT molecular complexity index is 1040. The molecule has 0 aliphatic carbocycles. The van der Waals surface area contributed by atoms with Gasteiger partial charge in [-0.25, -0.2) is 0 Å². The first kappa shape index (κ1) is 13.4. The molecule has 0 saturated heterocycles. The van der Waals surface area contributed by atoms with Crippen LogP contribution in [0.15, 0.2) is 72.9 Å². The van der Waals surface area contributed by atoms with Crippen molar-refractivity contribution >= 4 is 33.5 Å². The Hall–Kier alpha value is -3.27. The minimum absolute atomic E-state index is 0.345. The van der Waals surface area contributed by atoms with Crippen LogP contribution in [0.3, 0.4) is 0 Å². The summed E-state index contributed by atoms with van der Waals surface area (Å²) in [7, 11) is 0. The molecule has 0 amide bonds. The van der Waals surface area contributed by atoms with E-state index < -0.39 is 0 Å². The number of aromatic nitrogens is 2. The lowest BCUT2D eigenvalue weighted by Crippen LogP contribution is -2.09. The highest BCUT2D eigenvalue weighted by molar-refractivity contribution is 6.15. The zero-order valence-corrected chi connectivity index (χ0v) is 12.5. The van der Waals surface area contributed by atoms with Crippen molar-refractivity contribution < 1.29 is 0 Å². The molecule has 4 N–H and O–H groups in total. The molecule has 0 saturated carbocycles. The number of aromatic amines is 1. The van der Waals surface area contributed by atoms with Crippen LogP contribution in [-0.4, -0.2) is 15.4 Å². The molecule has 112 valence electrons. The first-order chi connectivity index (χ1) is 11.3. The van der Waals surface area contributed by atoms with E-state index in [-0.39, 0.29) is 0 Å². The summed E-state index contributed by atoms with van der Waals surface area (Å²) in [6.07, 6.45) is 3.60. The molecule has 0 radical (unpaired) electrons. The standard InChI is InChI=1S/C19H16N4/c20-15(13-6-2-1-3-7-13)12-18(21)23-16-9-5-4-8-14(16)19-17(23)10-11-22-19/h1-12,21-22H,20H2/b15-12-,21-18?. The number of para-hydroxylation sites is 1. The van der Waals surface area contributed by atoms with E-state index in [1.807, 2.05) is 65.4 Å². The van der Waals surface area contributed by atoms with Crippen molar-refractivity contribution in [2.75, 3.05) is 0 Å². The van der Waals surface area contributed by atoms with Crippen LogP contribution in [0.25, 0.3) is 27.6 Å². The van der Waals surface area contributed by atoms with Gasteiger partial charge in [0.25, 0.3) is 0 Å². The van der Waals surface area contributed by atoms with Gasteiger partial charge in [0, 0.05) is 23.4 Å². The van der Waals surface area contributed by atoms with Gasteiger partial charge in [0.2, 0.25) is 0 Å². The maximum atomic E-state index is 8.52. The summed E-state index contributed by atoms with van der Waals surface area (Å²) < 4.78 is 1.91. The summed E-state index contributed by atoms with van der Waals surface area (Å²) in [6, 6.07) is 19.8. The lowest BCUT2D eigenvalue weighted by molar-refractivity contribution is 1.24. The van der Waals surface area contributed by atoms with Crippen LogP contribution in [0, 0.1) is 5.41 Å².